The van der Waals surface area contributed by atoms with Crippen molar-refractivity contribution < 1.29 is 14.4 Å². The molecule has 0 radical (unpaired) electrons. The Hall–Kier alpha value is -2.95. The summed E-state index contributed by atoms with van der Waals surface area (Å²) in [5.41, 5.74) is 3.35. The maximum Gasteiger partial charge on any atom is 0.244 e. The zero-order valence-electron chi connectivity index (χ0n) is 15.4. The third-order valence-electron chi connectivity index (χ3n) is 4.77. The largest absolute Gasteiger partial charge is 0.325 e. The molecule has 5 nitrogen and oxygen atoms in total. The van der Waals surface area contributed by atoms with Crippen molar-refractivity contribution in [3.63, 3.8) is 0 Å². The van der Waals surface area contributed by atoms with Crippen LogP contribution in [0.2, 0.25) is 0 Å². The maximum absolute atomic E-state index is 12.8. The third kappa shape index (κ3) is 3.12. The Labute approximate surface area is 153 Å². The van der Waals surface area contributed by atoms with Gasteiger partial charge in [0.15, 0.2) is 5.78 Å². The average Bonchev–Trinajstić information content (AvgIpc) is 2.76. The zero-order valence-corrected chi connectivity index (χ0v) is 15.4. The molecular weight excluding hydrogens is 328 g/mol. The Kier molecular flexibility index (Phi) is 4.40. The number of benzene rings is 2. The Morgan fingerprint density at radius 3 is 2.35 bits per heavy atom. The highest BCUT2D eigenvalue weighted by Gasteiger charge is 2.44. The van der Waals surface area contributed by atoms with Gasteiger partial charge in [-0.05, 0) is 63.6 Å². The first kappa shape index (κ1) is 17.9. The van der Waals surface area contributed by atoms with Gasteiger partial charge in [0.1, 0.15) is 6.54 Å². The van der Waals surface area contributed by atoms with Crippen LogP contribution in [0.25, 0.3) is 0 Å². The molecule has 2 aromatic carbocycles. The van der Waals surface area contributed by atoms with Crippen LogP contribution in [0.15, 0.2) is 42.5 Å². The fourth-order valence-corrected chi connectivity index (χ4v) is 3.24. The van der Waals surface area contributed by atoms with Crippen molar-refractivity contribution in [3.05, 3.63) is 59.2 Å². The predicted octanol–water partition coefficient (Wildman–Crippen LogP) is 3.46. The fourth-order valence-electron chi connectivity index (χ4n) is 3.24. The number of Topliss-reactive ketones (excluding diaryl/α,β-unsaturated/α-hetero) is 1. The number of rotatable bonds is 4. The molecule has 0 aromatic heterocycles. The number of carbonyl (C=O) groups excluding carboxylic acids is 3. The minimum atomic E-state index is -0.648. The summed E-state index contributed by atoms with van der Waals surface area (Å²) >= 11 is 0. The van der Waals surface area contributed by atoms with E-state index in [1.54, 1.807) is 24.3 Å². The number of amides is 2. The highest BCUT2D eigenvalue weighted by molar-refractivity contribution is 6.11. The highest BCUT2D eigenvalue weighted by Crippen LogP contribution is 2.41. The summed E-state index contributed by atoms with van der Waals surface area (Å²) in [6, 6.07) is 12.5. The van der Waals surface area contributed by atoms with E-state index in [1.165, 1.54) is 11.8 Å². The van der Waals surface area contributed by atoms with Gasteiger partial charge in [0.05, 0.1) is 5.41 Å². The Bertz CT molecular complexity index is 898. The Balaban J connectivity index is 1.77. The maximum atomic E-state index is 12.8. The van der Waals surface area contributed by atoms with E-state index in [0.717, 1.165) is 16.8 Å². The van der Waals surface area contributed by atoms with E-state index >= 15 is 0 Å². The summed E-state index contributed by atoms with van der Waals surface area (Å²) in [6.07, 6.45) is 0. The lowest BCUT2D eigenvalue weighted by atomic mass is 9.85. The number of fused-ring (bicyclic) bond motifs is 1. The number of hydrogen-bond donors (Lipinski definition) is 1. The molecule has 1 aliphatic heterocycles. The quantitative estimate of drug-likeness (QED) is 0.859. The second kappa shape index (κ2) is 6.41. The molecule has 0 aliphatic carbocycles. The van der Waals surface area contributed by atoms with Crippen molar-refractivity contribution in [3.8, 4) is 0 Å². The first-order valence-corrected chi connectivity index (χ1v) is 8.54. The van der Waals surface area contributed by atoms with Crippen LogP contribution in [0, 0.1) is 6.92 Å². The van der Waals surface area contributed by atoms with Crippen molar-refractivity contribution in [2.24, 2.45) is 0 Å². The number of nitrogens with zero attached hydrogens (tertiary/aromatic N) is 1. The normalized spacial score (nSPS) is 14.9. The molecule has 0 spiro atoms. The molecule has 0 unspecified atom stereocenters. The molecule has 1 N–H and O–H groups in total. The first-order chi connectivity index (χ1) is 12.2. The Morgan fingerprint density at radius 2 is 1.73 bits per heavy atom. The van der Waals surface area contributed by atoms with Crippen LogP contribution in [0.3, 0.4) is 0 Å². The summed E-state index contributed by atoms with van der Waals surface area (Å²) in [7, 11) is 0. The molecule has 1 aliphatic rings. The van der Waals surface area contributed by atoms with E-state index in [0.29, 0.717) is 11.3 Å². The summed E-state index contributed by atoms with van der Waals surface area (Å²) in [6.45, 7) is 7.19. The van der Waals surface area contributed by atoms with Gasteiger partial charge in [-0.2, -0.15) is 0 Å². The number of nitrogens with one attached hydrogen (secondary N) is 1. The van der Waals surface area contributed by atoms with Gasteiger partial charge in [-0.15, -0.1) is 0 Å². The molecule has 2 amide bonds. The number of hydrogen-bond acceptors (Lipinski definition) is 3. The lowest BCUT2D eigenvalue weighted by molar-refractivity contribution is -0.124. The van der Waals surface area contributed by atoms with Crippen molar-refractivity contribution in [2.75, 3.05) is 16.8 Å². The Morgan fingerprint density at radius 1 is 1.08 bits per heavy atom. The van der Waals surface area contributed by atoms with Crippen LogP contribution in [0.4, 0.5) is 11.4 Å². The zero-order chi connectivity index (χ0) is 19.1. The van der Waals surface area contributed by atoms with Crippen LogP contribution < -0.4 is 10.2 Å². The molecule has 0 saturated carbocycles. The lowest BCUT2D eigenvalue weighted by Gasteiger charge is -2.20. The number of aryl methyl sites for hydroxylation is 1. The van der Waals surface area contributed by atoms with Crippen molar-refractivity contribution >= 4 is 29.0 Å². The highest BCUT2D eigenvalue weighted by atomic mass is 16.2. The monoisotopic (exact) mass is 350 g/mol. The first-order valence-electron chi connectivity index (χ1n) is 8.54. The summed E-state index contributed by atoms with van der Waals surface area (Å²) in [5.74, 6) is -0.391. The predicted molar refractivity (Wildman–Crippen MR) is 102 cm³/mol. The summed E-state index contributed by atoms with van der Waals surface area (Å²) in [5, 5.41) is 2.78. The minimum Gasteiger partial charge on any atom is -0.325 e. The van der Waals surface area contributed by atoms with Crippen LogP contribution >= 0.6 is 0 Å². The van der Waals surface area contributed by atoms with Gasteiger partial charge in [0.2, 0.25) is 11.8 Å². The van der Waals surface area contributed by atoms with E-state index < -0.39 is 5.41 Å². The van der Waals surface area contributed by atoms with Crippen LogP contribution in [-0.4, -0.2) is 24.1 Å². The standard InChI is InChI=1S/C21H22N2O3/c1-13-5-10-18-17(11-13)21(3,4)20(26)23(18)12-19(25)22-16-8-6-15(7-9-16)14(2)24/h5-11H,12H2,1-4H3,(H,22,25). The van der Waals surface area contributed by atoms with Gasteiger partial charge < -0.3 is 10.2 Å². The van der Waals surface area contributed by atoms with Gasteiger partial charge in [-0.1, -0.05) is 17.7 Å². The van der Waals surface area contributed by atoms with Gasteiger partial charge >= 0.3 is 0 Å². The molecule has 134 valence electrons. The SMILES string of the molecule is CC(=O)c1ccc(NC(=O)CN2C(=O)C(C)(C)c3cc(C)ccc32)cc1. The van der Waals surface area contributed by atoms with Crippen molar-refractivity contribution in [2.45, 2.75) is 33.1 Å². The van der Waals surface area contributed by atoms with Gasteiger partial charge in [0, 0.05) is 16.9 Å². The van der Waals surface area contributed by atoms with E-state index in [1.807, 2.05) is 39.0 Å². The van der Waals surface area contributed by atoms with Gasteiger partial charge in [-0.3, -0.25) is 14.4 Å². The number of ketones is 1. The van der Waals surface area contributed by atoms with Crippen LogP contribution in [-0.2, 0) is 15.0 Å². The lowest BCUT2D eigenvalue weighted by Crippen LogP contribution is -2.40. The molecule has 0 bridgehead atoms. The van der Waals surface area contributed by atoms with E-state index in [9.17, 15) is 14.4 Å². The molecule has 5 heteroatoms. The summed E-state index contributed by atoms with van der Waals surface area (Å²) < 4.78 is 0. The molecular formula is C21H22N2O3. The van der Waals surface area contributed by atoms with Crippen molar-refractivity contribution in [1.82, 2.24) is 0 Å². The fraction of sp³-hybridized carbons (Fsp3) is 0.286. The molecule has 3 rings (SSSR count). The topological polar surface area (TPSA) is 66.5 Å². The minimum absolute atomic E-state index is 0.0281. The molecule has 0 saturated heterocycles. The second-order valence-electron chi connectivity index (χ2n) is 7.22. The summed E-state index contributed by atoms with van der Waals surface area (Å²) in [4.78, 5) is 38.1. The van der Waals surface area contributed by atoms with Crippen LogP contribution in [0.1, 0.15) is 42.3 Å². The second-order valence-corrected chi connectivity index (χ2v) is 7.22. The number of anilines is 2. The smallest absolute Gasteiger partial charge is 0.244 e. The van der Waals surface area contributed by atoms with E-state index in [-0.39, 0.29) is 24.1 Å². The van der Waals surface area contributed by atoms with Crippen LogP contribution in [0.5, 0.6) is 0 Å². The number of carbonyl (C=O) groups is 3. The molecule has 2 aromatic rings. The van der Waals surface area contributed by atoms with Gasteiger partial charge in [-0.25, -0.2) is 0 Å². The van der Waals surface area contributed by atoms with E-state index in [4.69, 9.17) is 0 Å². The average molecular weight is 350 g/mol. The molecule has 1 heterocycles. The molecule has 0 fully saturated rings. The molecule has 26 heavy (non-hydrogen) atoms. The van der Waals surface area contributed by atoms with Gasteiger partial charge in [0.25, 0.3) is 0 Å². The van der Waals surface area contributed by atoms with E-state index in [2.05, 4.69) is 5.32 Å². The van der Waals surface area contributed by atoms with Crippen molar-refractivity contribution in [1.29, 1.82) is 0 Å². The third-order valence-corrected chi connectivity index (χ3v) is 4.77. The molecule has 0 atom stereocenters.